The predicted molar refractivity (Wildman–Crippen MR) is 137 cm³/mol. The van der Waals surface area contributed by atoms with Gasteiger partial charge in [0, 0.05) is 18.2 Å². The molecule has 182 valence electrons. The van der Waals surface area contributed by atoms with Crippen molar-refractivity contribution in [2.45, 2.75) is 39.2 Å². The van der Waals surface area contributed by atoms with Gasteiger partial charge in [-0.3, -0.25) is 0 Å². The van der Waals surface area contributed by atoms with E-state index in [0.29, 0.717) is 26.4 Å². The summed E-state index contributed by atoms with van der Waals surface area (Å²) in [7, 11) is 0. The summed E-state index contributed by atoms with van der Waals surface area (Å²) in [4.78, 5) is 0. The maximum Gasteiger partial charge on any atom is 0.127 e. The molecule has 0 amide bonds. The Morgan fingerprint density at radius 3 is 1.79 bits per heavy atom. The highest BCUT2D eigenvalue weighted by molar-refractivity contribution is 5.41. The molecule has 0 spiro atoms. The first-order chi connectivity index (χ1) is 16.8. The van der Waals surface area contributed by atoms with Crippen molar-refractivity contribution in [3.63, 3.8) is 0 Å². The van der Waals surface area contributed by atoms with Gasteiger partial charge < -0.3 is 24.3 Å². The van der Waals surface area contributed by atoms with Gasteiger partial charge in [0.25, 0.3) is 0 Å². The summed E-state index contributed by atoms with van der Waals surface area (Å²) >= 11 is 0. The zero-order chi connectivity index (χ0) is 23.7. The Labute approximate surface area is 204 Å². The number of unbranched alkanes of at least 4 members (excludes halogenated alkanes) is 3. The SMILES string of the molecule is CCCCCCNCc1ccc(OCCOc2ccccc2)cc1OCCOc1ccccc1. The van der Waals surface area contributed by atoms with Gasteiger partial charge in [-0.05, 0) is 43.3 Å². The van der Waals surface area contributed by atoms with E-state index in [1.54, 1.807) is 0 Å². The second kappa shape index (κ2) is 15.6. The molecule has 5 heteroatoms. The molecule has 0 heterocycles. The lowest BCUT2D eigenvalue weighted by Gasteiger charge is -2.15. The van der Waals surface area contributed by atoms with Crippen molar-refractivity contribution in [1.82, 2.24) is 5.32 Å². The standard InChI is InChI=1S/C29H37NO4/c1-2-3-4-11-18-30-24-25-16-17-28(33-20-19-31-26-12-7-5-8-13-26)23-29(25)34-22-21-32-27-14-9-6-10-15-27/h5-10,12-17,23,30H,2-4,11,18-22,24H2,1H3. The number of benzene rings is 3. The Morgan fingerprint density at radius 2 is 1.18 bits per heavy atom. The van der Waals surface area contributed by atoms with E-state index in [9.17, 15) is 0 Å². The van der Waals surface area contributed by atoms with Gasteiger partial charge in [-0.2, -0.15) is 0 Å². The number of hydrogen-bond donors (Lipinski definition) is 1. The van der Waals surface area contributed by atoms with Crippen LogP contribution in [0.4, 0.5) is 0 Å². The second-order valence-corrected chi connectivity index (χ2v) is 8.03. The van der Waals surface area contributed by atoms with E-state index in [1.807, 2.05) is 72.8 Å². The zero-order valence-electron chi connectivity index (χ0n) is 20.2. The van der Waals surface area contributed by atoms with Crippen molar-refractivity contribution in [3.8, 4) is 23.0 Å². The average Bonchev–Trinajstić information content (AvgIpc) is 2.88. The molecule has 0 aromatic heterocycles. The smallest absolute Gasteiger partial charge is 0.127 e. The highest BCUT2D eigenvalue weighted by atomic mass is 16.5. The molecule has 0 aliphatic rings. The van der Waals surface area contributed by atoms with Crippen LogP contribution in [0, 0.1) is 0 Å². The number of nitrogens with one attached hydrogen (secondary N) is 1. The fourth-order valence-electron chi connectivity index (χ4n) is 3.47. The van der Waals surface area contributed by atoms with Gasteiger partial charge in [-0.25, -0.2) is 0 Å². The van der Waals surface area contributed by atoms with Crippen molar-refractivity contribution < 1.29 is 18.9 Å². The van der Waals surface area contributed by atoms with Gasteiger partial charge in [-0.15, -0.1) is 0 Å². The van der Waals surface area contributed by atoms with Crippen LogP contribution >= 0.6 is 0 Å². The summed E-state index contributed by atoms with van der Waals surface area (Å²) < 4.78 is 23.5. The minimum absolute atomic E-state index is 0.457. The van der Waals surface area contributed by atoms with Crippen LogP contribution < -0.4 is 24.3 Å². The third-order valence-corrected chi connectivity index (χ3v) is 5.28. The zero-order valence-corrected chi connectivity index (χ0v) is 20.2. The summed E-state index contributed by atoms with van der Waals surface area (Å²) in [5.41, 5.74) is 1.11. The van der Waals surface area contributed by atoms with Crippen LogP contribution in [-0.2, 0) is 6.54 Å². The molecule has 0 bridgehead atoms. The van der Waals surface area contributed by atoms with E-state index in [4.69, 9.17) is 18.9 Å². The van der Waals surface area contributed by atoms with Gasteiger partial charge >= 0.3 is 0 Å². The van der Waals surface area contributed by atoms with Crippen LogP contribution in [0.3, 0.4) is 0 Å². The molecule has 1 N–H and O–H groups in total. The average molecular weight is 464 g/mol. The molecule has 0 saturated carbocycles. The largest absolute Gasteiger partial charge is 0.490 e. The van der Waals surface area contributed by atoms with Crippen LogP contribution in [0.5, 0.6) is 23.0 Å². The molecule has 34 heavy (non-hydrogen) atoms. The molecule has 0 aliphatic heterocycles. The van der Waals surface area contributed by atoms with Crippen LogP contribution in [0.1, 0.15) is 38.2 Å². The van der Waals surface area contributed by atoms with E-state index < -0.39 is 0 Å². The first kappa shape index (κ1) is 25.4. The number of rotatable bonds is 17. The summed E-state index contributed by atoms with van der Waals surface area (Å²) in [6.45, 7) is 5.87. The van der Waals surface area contributed by atoms with Gasteiger partial charge in [0.05, 0.1) is 0 Å². The topological polar surface area (TPSA) is 49.0 Å². The maximum absolute atomic E-state index is 6.09. The van der Waals surface area contributed by atoms with E-state index in [-0.39, 0.29) is 0 Å². The lowest BCUT2D eigenvalue weighted by Crippen LogP contribution is -2.17. The van der Waals surface area contributed by atoms with Crippen molar-refractivity contribution in [2.75, 3.05) is 33.0 Å². The third-order valence-electron chi connectivity index (χ3n) is 5.28. The van der Waals surface area contributed by atoms with Crippen molar-refractivity contribution >= 4 is 0 Å². The van der Waals surface area contributed by atoms with Crippen LogP contribution in [0.2, 0.25) is 0 Å². The minimum atomic E-state index is 0.457. The molecule has 0 saturated heterocycles. The van der Waals surface area contributed by atoms with Gasteiger partial charge in [0.2, 0.25) is 0 Å². The molecule has 0 atom stereocenters. The molecule has 0 unspecified atom stereocenters. The fraction of sp³-hybridized carbons (Fsp3) is 0.379. The quantitative estimate of drug-likeness (QED) is 0.239. The molecular formula is C29H37NO4. The molecule has 0 aliphatic carbocycles. The van der Waals surface area contributed by atoms with Crippen LogP contribution in [0.25, 0.3) is 0 Å². The fourth-order valence-corrected chi connectivity index (χ4v) is 3.47. The van der Waals surface area contributed by atoms with E-state index in [1.165, 1.54) is 25.7 Å². The van der Waals surface area contributed by atoms with E-state index in [0.717, 1.165) is 41.7 Å². The molecule has 0 radical (unpaired) electrons. The summed E-state index contributed by atoms with van der Waals surface area (Å²) in [6.07, 6.45) is 5.00. The van der Waals surface area contributed by atoms with E-state index >= 15 is 0 Å². The van der Waals surface area contributed by atoms with Gasteiger partial charge in [0.15, 0.2) is 0 Å². The Balaban J connectivity index is 1.49. The first-order valence-corrected chi connectivity index (χ1v) is 12.3. The molecule has 3 aromatic rings. The maximum atomic E-state index is 6.09. The second-order valence-electron chi connectivity index (χ2n) is 8.03. The number of para-hydroxylation sites is 2. The Kier molecular flexibility index (Phi) is 11.7. The Morgan fingerprint density at radius 1 is 0.588 bits per heavy atom. The lowest BCUT2D eigenvalue weighted by molar-refractivity contribution is 0.208. The minimum Gasteiger partial charge on any atom is -0.490 e. The first-order valence-electron chi connectivity index (χ1n) is 12.3. The van der Waals surface area contributed by atoms with Gasteiger partial charge in [-0.1, -0.05) is 68.7 Å². The highest BCUT2D eigenvalue weighted by Crippen LogP contribution is 2.25. The summed E-state index contributed by atoms with van der Waals surface area (Å²) in [6, 6.07) is 25.6. The van der Waals surface area contributed by atoms with Crippen molar-refractivity contribution in [1.29, 1.82) is 0 Å². The van der Waals surface area contributed by atoms with Crippen molar-refractivity contribution in [3.05, 3.63) is 84.4 Å². The predicted octanol–water partition coefficient (Wildman–Crippen LogP) is 6.27. The lowest BCUT2D eigenvalue weighted by atomic mass is 10.1. The number of ether oxygens (including phenoxy) is 4. The third kappa shape index (κ3) is 9.75. The Bertz CT molecular complexity index is 918. The molecule has 3 aromatic carbocycles. The molecule has 0 fully saturated rings. The normalized spacial score (nSPS) is 10.6. The monoisotopic (exact) mass is 463 g/mol. The van der Waals surface area contributed by atoms with E-state index in [2.05, 4.69) is 18.3 Å². The van der Waals surface area contributed by atoms with Crippen molar-refractivity contribution in [2.24, 2.45) is 0 Å². The van der Waals surface area contributed by atoms with Gasteiger partial charge in [0.1, 0.15) is 49.4 Å². The highest BCUT2D eigenvalue weighted by Gasteiger charge is 2.07. The summed E-state index contributed by atoms with van der Waals surface area (Å²) in [5, 5.41) is 3.54. The van der Waals surface area contributed by atoms with Crippen LogP contribution in [0.15, 0.2) is 78.9 Å². The number of hydrogen-bond acceptors (Lipinski definition) is 5. The Hall–Kier alpha value is -3.18. The molecule has 3 rings (SSSR count). The summed E-state index contributed by atoms with van der Waals surface area (Å²) in [5.74, 6) is 3.27. The molecular weight excluding hydrogens is 426 g/mol. The molecule has 5 nitrogen and oxygen atoms in total. The van der Waals surface area contributed by atoms with Crippen LogP contribution in [-0.4, -0.2) is 33.0 Å².